The second kappa shape index (κ2) is 7.19. The molecule has 26 heavy (non-hydrogen) atoms. The van der Waals surface area contributed by atoms with Crippen LogP contribution in [0.25, 0.3) is 11.3 Å². The molecule has 0 atom stereocenters. The summed E-state index contributed by atoms with van der Waals surface area (Å²) in [4.78, 5) is 0. The van der Waals surface area contributed by atoms with Crippen LogP contribution in [-0.4, -0.2) is 16.9 Å². The van der Waals surface area contributed by atoms with Crippen molar-refractivity contribution in [2.45, 2.75) is 26.7 Å². The summed E-state index contributed by atoms with van der Waals surface area (Å²) < 4.78 is 71.3. The molecule has 3 rings (SSSR count). The summed E-state index contributed by atoms with van der Waals surface area (Å²) in [7, 11) is 0. The zero-order valence-corrected chi connectivity index (χ0v) is 13.9. The van der Waals surface area contributed by atoms with Crippen LogP contribution >= 0.6 is 0 Å². The van der Waals surface area contributed by atoms with Crippen molar-refractivity contribution in [3.8, 4) is 17.1 Å². The number of hydrogen-bond donors (Lipinski definition) is 0. The molecule has 9 heteroatoms. The first-order valence-corrected chi connectivity index (χ1v) is 7.73. The van der Waals surface area contributed by atoms with Gasteiger partial charge in [0.2, 0.25) is 11.6 Å². The molecule has 0 aliphatic rings. The van der Waals surface area contributed by atoms with E-state index in [1.807, 2.05) is 0 Å². The summed E-state index contributed by atoms with van der Waals surface area (Å²) in [5, 5.41) is 7.15. The fraction of sp³-hybridized carbons (Fsp3) is 0.294. The van der Waals surface area contributed by atoms with Gasteiger partial charge in [0.05, 0.1) is 23.6 Å². The van der Waals surface area contributed by atoms with E-state index in [-0.39, 0.29) is 6.61 Å². The number of benzene rings is 1. The Balaban J connectivity index is 1.77. The van der Waals surface area contributed by atoms with E-state index in [2.05, 4.69) is 10.3 Å². The lowest BCUT2D eigenvalue weighted by molar-refractivity contribution is 0.262. The Morgan fingerprint density at radius 1 is 0.885 bits per heavy atom. The molecule has 0 aliphatic carbocycles. The van der Waals surface area contributed by atoms with Crippen molar-refractivity contribution in [2.75, 3.05) is 6.61 Å². The maximum atomic E-state index is 14.2. The normalized spacial score (nSPS) is 11.2. The lowest BCUT2D eigenvalue weighted by Gasteiger charge is -2.11. The number of rotatable bonds is 6. The molecule has 0 bridgehead atoms. The molecule has 0 fully saturated rings. The molecule has 0 aliphatic heterocycles. The van der Waals surface area contributed by atoms with Gasteiger partial charge in [-0.1, -0.05) is 10.3 Å². The van der Waals surface area contributed by atoms with Crippen LogP contribution in [-0.2, 0) is 6.42 Å². The smallest absolute Gasteiger partial charge is 0.204 e. The molecule has 1 aromatic carbocycles. The van der Waals surface area contributed by atoms with Gasteiger partial charge in [0.25, 0.3) is 0 Å². The second-order valence-corrected chi connectivity index (χ2v) is 5.68. The van der Waals surface area contributed by atoms with Crippen molar-refractivity contribution in [3.05, 3.63) is 52.5 Å². The van der Waals surface area contributed by atoms with Gasteiger partial charge in [0.15, 0.2) is 23.1 Å². The largest absolute Gasteiger partial charge is 0.487 e. The van der Waals surface area contributed by atoms with Crippen LogP contribution in [0.2, 0.25) is 0 Å². The Morgan fingerprint density at radius 3 is 2.04 bits per heavy atom. The van der Waals surface area contributed by atoms with Crippen molar-refractivity contribution >= 4 is 0 Å². The summed E-state index contributed by atoms with van der Waals surface area (Å²) >= 11 is 0. The molecule has 2 aromatic heterocycles. The summed E-state index contributed by atoms with van der Waals surface area (Å²) in [6.45, 7) is 3.08. The number of hydrogen-bond acceptors (Lipinski definition) is 5. The number of ether oxygens (including phenoxy) is 1. The van der Waals surface area contributed by atoms with Crippen molar-refractivity contribution in [1.29, 1.82) is 0 Å². The quantitative estimate of drug-likeness (QED) is 0.363. The van der Waals surface area contributed by atoms with E-state index >= 15 is 0 Å². The Bertz CT molecular complexity index is 907. The van der Waals surface area contributed by atoms with Crippen LogP contribution < -0.4 is 4.74 Å². The molecule has 0 radical (unpaired) electrons. The van der Waals surface area contributed by atoms with E-state index in [0.29, 0.717) is 30.0 Å². The number of halogens is 4. The zero-order valence-electron chi connectivity index (χ0n) is 13.9. The predicted octanol–water partition coefficient (Wildman–Crippen LogP) is 4.51. The van der Waals surface area contributed by atoms with E-state index in [9.17, 15) is 17.6 Å². The fourth-order valence-electron chi connectivity index (χ4n) is 2.39. The van der Waals surface area contributed by atoms with E-state index in [1.54, 1.807) is 13.0 Å². The molecule has 3 aromatic rings. The van der Waals surface area contributed by atoms with Crippen LogP contribution in [0.3, 0.4) is 0 Å². The third kappa shape index (κ3) is 3.42. The van der Waals surface area contributed by atoms with Crippen LogP contribution in [0, 0.1) is 37.1 Å². The average Bonchev–Trinajstić information content (AvgIpc) is 3.21. The van der Waals surface area contributed by atoms with Gasteiger partial charge >= 0.3 is 0 Å². The van der Waals surface area contributed by atoms with E-state index in [1.165, 1.54) is 13.0 Å². The molecule has 0 N–H and O–H groups in total. The molecule has 0 unspecified atom stereocenters. The lowest BCUT2D eigenvalue weighted by Crippen LogP contribution is -2.08. The first-order valence-electron chi connectivity index (χ1n) is 7.73. The highest BCUT2D eigenvalue weighted by molar-refractivity contribution is 5.61. The van der Waals surface area contributed by atoms with Gasteiger partial charge in [-0.2, -0.15) is 8.78 Å². The Morgan fingerprint density at radius 2 is 1.50 bits per heavy atom. The zero-order chi connectivity index (χ0) is 18.8. The minimum atomic E-state index is -1.64. The number of nitrogens with zero attached hydrogens (tertiary/aromatic N) is 2. The summed E-state index contributed by atoms with van der Waals surface area (Å²) in [5.41, 5.74) is 0.0353. The monoisotopic (exact) mass is 370 g/mol. The van der Waals surface area contributed by atoms with Crippen LogP contribution in [0.1, 0.15) is 23.6 Å². The van der Waals surface area contributed by atoms with Crippen molar-refractivity contribution < 1.29 is 31.3 Å². The minimum absolute atomic E-state index is 0.173. The highest BCUT2D eigenvalue weighted by Crippen LogP contribution is 2.36. The standard InChI is InChI=1S/C17H14F4N2O3/c1-8-6-10(25-22-8)4-3-5-24-17-15(20)13(18)12(14(19)16(17)21)11-7-9(2)23-26-11/h6-7H,3-5H2,1-2H3. The molecule has 2 heterocycles. The second-order valence-electron chi connectivity index (χ2n) is 5.68. The third-order valence-electron chi connectivity index (χ3n) is 3.59. The fourth-order valence-corrected chi connectivity index (χ4v) is 2.39. The van der Waals surface area contributed by atoms with E-state index < -0.39 is 40.3 Å². The summed E-state index contributed by atoms with van der Waals surface area (Å²) in [6, 6.07) is 2.87. The predicted molar refractivity (Wildman–Crippen MR) is 81.6 cm³/mol. The highest BCUT2D eigenvalue weighted by Gasteiger charge is 2.29. The van der Waals surface area contributed by atoms with Crippen molar-refractivity contribution in [2.24, 2.45) is 0 Å². The molecule has 0 saturated carbocycles. The van der Waals surface area contributed by atoms with Crippen molar-refractivity contribution in [1.82, 2.24) is 10.3 Å². The maximum Gasteiger partial charge on any atom is 0.204 e. The van der Waals surface area contributed by atoms with E-state index in [0.717, 1.165) is 0 Å². The summed E-state index contributed by atoms with van der Waals surface area (Å²) in [5.74, 6) is -7.45. The van der Waals surface area contributed by atoms with Crippen LogP contribution in [0.15, 0.2) is 21.2 Å². The van der Waals surface area contributed by atoms with Gasteiger partial charge in [-0.15, -0.1) is 0 Å². The molecule has 0 saturated heterocycles. The topological polar surface area (TPSA) is 61.3 Å². The maximum absolute atomic E-state index is 14.2. The Kier molecular flexibility index (Phi) is 4.97. The SMILES string of the molecule is Cc1cc(CCCOc2c(F)c(F)c(-c3cc(C)no3)c(F)c2F)on1. The molecule has 138 valence electrons. The van der Waals surface area contributed by atoms with Crippen LogP contribution in [0.4, 0.5) is 17.6 Å². The summed E-state index contributed by atoms with van der Waals surface area (Å²) in [6.07, 6.45) is 0.699. The number of aryl methyl sites for hydroxylation is 3. The Hall–Kier alpha value is -2.84. The minimum Gasteiger partial charge on any atom is -0.487 e. The Labute approximate surface area is 145 Å². The molecule has 0 amide bonds. The van der Waals surface area contributed by atoms with E-state index in [4.69, 9.17) is 13.8 Å². The first kappa shape index (κ1) is 18.0. The van der Waals surface area contributed by atoms with Gasteiger partial charge in [0.1, 0.15) is 5.76 Å². The molecular formula is C17H14F4N2O3. The lowest BCUT2D eigenvalue weighted by atomic mass is 10.1. The molecule has 5 nitrogen and oxygen atoms in total. The van der Waals surface area contributed by atoms with Crippen LogP contribution in [0.5, 0.6) is 5.75 Å². The average molecular weight is 370 g/mol. The highest BCUT2D eigenvalue weighted by atomic mass is 19.2. The molecule has 0 spiro atoms. The van der Waals surface area contributed by atoms with Gasteiger partial charge < -0.3 is 13.8 Å². The van der Waals surface area contributed by atoms with Gasteiger partial charge in [-0.3, -0.25) is 0 Å². The molecular weight excluding hydrogens is 356 g/mol. The van der Waals surface area contributed by atoms with Crippen molar-refractivity contribution in [3.63, 3.8) is 0 Å². The van der Waals surface area contributed by atoms with Gasteiger partial charge in [-0.05, 0) is 20.3 Å². The number of aromatic nitrogens is 2. The van der Waals surface area contributed by atoms with Gasteiger partial charge in [0, 0.05) is 18.6 Å². The van der Waals surface area contributed by atoms with Gasteiger partial charge in [-0.25, -0.2) is 8.78 Å². The first-order chi connectivity index (χ1) is 12.4. The third-order valence-corrected chi connectivity index (χ3v) is 3.59.